The van der Waals surface area contributed by atoms with Crippen molar-refractivity contribution in [2.24, 2.45) is 5.10 Å². The summed E-state index contributed by atoms with van der Waals surface area (Å²) in [6.45, 7) is 0. The third kappa shape index (κ3) is 6.21. The monoisotopic (exact) mass is 512 g/mol. The topological polar surface area (TPSA) is 66.3 Å². The molecule has 0 spiro atoms. The van der Waals surface area contributed by atoms with Gasteiger partial charge in [0.2, 0.25) is 5.11 Å². The van der Waals surface area contributed by atoms with Gasteiger partial charge in [0.1, 0.15) is 11.4 Å². The molecule has 184 valence electrons. The Bertz CT molecular complexity index is 1540. The van der Waals surface area contributed by atoms with Crippen molar-refractivity contribution in [2.75, 3.05) is 10.3 Å². The van der Waals surface area contributed by atoms with Crippen molar-refractivity contribution in [3.8, 4) is 22.5 Å². The average molecular weight is 513 g/mol. The summed E-state index contributed by atoms with van der Waals surface area (Å²) in [5.41, 5.74) is 5.09. The van der Waals surface area contributed by atoms with Crippen molar-refractivity contribution < 1.29 is 0 Å². The Labute approximate surface area is 227 Å². The minimum Gasteiger partial charge on any atom is -0.331 e. The van der Waals surface area contributed by atoms with E-state index in [1.807, 2.05) is 133 Å². The van der Waals surface area contributed by atoms with Crippen LogP contribution in [0, 0.1) is 0 Å². The Hall–Kier alpha value is -5.01. The lowest BCUT2D eigenvalue weighted by molar-refractivity contribution is 0.926. The summed E-state index contributed by atoms with van der Waals surface area (Å²) in [7, 11) is 0. The van der Waals surface area contributed by atoms with E-state index in [2.05, 4.69) is 20.6 Å². The molecule has 5 rings (SSSR count). The summed E-state index contributed by atoms with van der Waals surface area (Å²) in [5.74, 6) is 0.251. The molecule has 5 aromatic rings. The first-order chi connectivity index (χ1) is 18.8. The van der Waals surface area contributed by atoms with Crippen LogP contribution in [0.15, 0.2) is 133 Å². The molecule has 6 nitrogen and oxygen atoms in total. The van der Waals surface area contributed by atoms with Crippen LogP contribution >= 0.6 is 12.2 Å². The lowest BCUT2D eigenvalue weighted by atomic mass is 10.0. The first-order valence-electron chi connectivity index (χ1n) is 12.1. The zero-order chi connectivity index (χ0) is 26.0. The Morgan fingerprint density at radius 2 is 1.24 bits per heavy atom. The quantitative estimate of drug-likeness (QED) is 0.142. The molecule has 1 N–H and O–H groups in total. The second-order valence-corrected chi connectivity index (χ2v) is 8.57. The lowest BCUT2D eigenvalue weighted by Gasteiger charge is -2.19. The van der Waals surface area contributed by atoms with E-state index in [1.165, 1.54) is 5.01 Å². The van der Waals surface area contributed by atoms with E-state index in [0.717, 1.165) is 22.4 Å². The summed E-state index contributed by atoms with van der Waals surface area (Å²) in [4.78, 5) is 4.91. The highest BCUT2D eigenvalue weighted by molar-refractivity contribution is 7.80. The summed E-state index contributed by atoms with van der Waals surface area (Å²) in [5, 5.41) is 18.6. The molecule has 7 heteroatoms. The molecule has 1 heterocycles. The van der Waals surface area contributed by atoms with Crippen molar-refractivity contribution in [1.82, 2.24) is 15.2 Å². The molecule has 0 bridgehead atoms. The average Bonchev–Trinajstić information content (AvgIpc) is 2.99. The van der Waals surface area contributed by atoms with E-state index in [-0.39, 0.29) is 5.95 Å². The van der Waals surface area contributed by atoms with E-state index in [1.54, 1.807) is 6.21 Å². The second kappa shape index (κ2) is 12.3. The van der Waals surface area contributed by atoms with Crippen molar-refractivity contribution in [2.45, 2.75) is 0 Å². The molecule has 0 saturated heterocycles. The molecule has 0 fully saturated rings. The molecule has 0 atom stereocenters. The molecule has 0 aliphatic rings. The number of allylic oxidation sites excluding steroid dienone is 1. The molecule has 4 aromatic carbocycles. The number of thiocarbonyl (C=S) groups is 1. The van der Waals surface area contributed by atoms with Gasteiger partial charge in [0.15, 0.2) is 0 Å². The van der Waals surface area contributed by atoms with Crippen LogP contribution in [0.25, 0.3) is 28.6 Å². The smallest absolute Gasteiger partial charge is 0.273 e. The minimum atomic E-state index is 0.251. The Morgan fingerprint density at radius 1 is 0.684 bits per heavy atom. The third-order valence-electron chi connectivity index (χ3n) is 5.53. The normalized spacial score (nSPS) is 11.1. The van der Waals surface area contributed by atoms with Crippen LogP contribution in [-0.4, -0.2) is 26.5 Å². The number of hydrogen-bond donors (Lipinski definition) is 1. The van der Waals surface area contributed by atoms with Gasteiger partial charge in [-0.15, -0.1) is 10.2 Å². The number of rotatable bonds is 7. The number of nitrogens with zero attached hydrogens (tertiary/aromatic N) is 5. The summed E-state index contributed by atoms with van der Waals surface area (Å²) < 4.78 is 0. The molecule has 38 heavy (non-hydrogen) atoms. The van der Waals surface area contributed by atoms with Gasteiger partial charge < -0.3 is 5.32 Å². The summed E-state index contributed by atoms with van der Waals surface area (Å²) in [6.07, 6.45) is 5.46. The van der Waals surface area contributed by atoms with E-state index in [4.69, 9.17) is 17.2 Å². The first-order valence-corrected chi connectivity index (χ1v) is 12.5. The Kier molecular flexibility index (Phi) is 7.98. The van der Waals surface area contributed by atoms with Crippen molar-refractivity contribution in [3.05, 3.63) is 133 Å². The zero-order valence-electron chi connectivity index (χ0n) is 20.4. The van der Waals surface area contributed by atoms with Gasteiger partial charge in [-0.2, -0.15) is 10.1 Å². The predicted molar refractivity (Wildman–Crippen MR) is 160 cm³/mol. The van der Waals surface area contributed by atoms with Crippen LogP contribution in [0.2, 0.25) is 0 Å². The van der Waals surface area contributed by atoms with Crippen LogP contribution in [0.4, 0.5) is 11.6 Å². The molecule has 0 unspecified atom stereocenters. The molecule has 0 saturated carbocycles. The summed E-state index contributed by atoms with van der Waals surface area (Å²) in [6, 6.07) is 39.4. The van der Waals surface area contributed by atoms with Crippen molar-refractivity contribution in [1.29, 1.82) is 0 Å². The largest absolute Gasteiger partial charge is 0.331 e. The van der Waals surface area contributed by atoms with Crippen LogP contribution in [-0.2, 0) is 0 Å². The van der Waals surface area contributed by atoms with Gasteiger partial charge >= 0.3 is 0 Å². The predicted octanol–water partition coefficient (Wildman–Crippen LogP) is 7.11. The van der Waals surface area contributed by atoms with Crippen LogP contribution < -0.4 is 10.3 Å². The van der Waals surface area contributed by atoms with E-state index < -0.39 is 0 Å². The van der Waals surface area contributed by atoms with E-state index in [9.17, 15) is 0 Å². The molecular weight excluding hydrogens is 488 g/mol. The fourth-order valence-corrected chi connectivity index (χ4v) is 3.96. The van der Waals surface area contributed by atoms with E-state index >= 15 is 0 Å². The SMILES string of the molecule is S=C(Nc1ccccc1)N(/N=C/C=C\c1ccccc1)c1nnc(-c2ccccc2)c(-c2ccccc2)n1. The second-order valence-electron chi connectivity index (χ2n) is 8.18. The van der Waals surface area contributed by atoms with Gasteiger partial charge in [-0.25, -0.2) is 4.98 Å². The van der Waals surface area contributed by atoms with Gasteiger partial charge in [-0.1, -0.05) is 115 Å². The number of hydrazone groups is 1. The Balaban J connectivity index is 1.54. The van der Waals surface area contributed by atoms with Gasteiger partial charge in [-0.3, -0.25) is 0 Å². The molecular formula is C31H24N6S. The number of benzene rings is 4. The van der Waals surface area contributed by atoms with Crippen LogP contribution in [0.5, 0.6) is 0 Å². The number of nitrogens with one attached hydrogen (secondary N) is 1. The maximum Gasteiger partial charge on any atom is 0.273 e. The van der Waals surface area contributed by atoms with Gasteiger partial charge in [0, 0.05) is 23.0 Å². The van der Waals surface area contributed by atoms with E-state index in [0.29, 0.717) is 16.5 Å². The standard InChI is InChI=1S/C31H24N6S/c38-31(33-27-21-11-4-12-22-27)37(32-23-13-16-24-14-5-1-6-15-24)30-34-28(25-17-7-2-8-18-25)29(35-36-30)26-19-9-3-10-20-26/h1-23H,(H,33,38)/b16-13-,32-23+. The van der Waals surface area contributed by atoms with Crippen molar-refractivity contribution in [3.63, 3.8) is 0 Å². The Morgan fingerprint density at radius 3 is 1.87 bits per heavy atom. The van der Waals surface area contributed by atoms with Crippen molar-refractivity contribution >= 4 is 41.3 Å². The number of hydrogen-bond acceptors (Lipinski definition) is 5. The van der Waals surface area contributed by atoms with Gasteiger partial charge in [0.25, 0.3) is 5.95 Å². The minimum absolute atomic E-state index is 0.251. The lowest BCUT2D eigenvalue weighted by Crippen LogP contribution is -2.32. The fraction of sp³-hybridized carbons (Fsp3) is 0. The molecule has 1 aromatic heterocycles. The highest BCUT2D eigenvalue weighted by atomic mass is 32.1. The number of para-hydroxylation sites is 1. The molecule has 0 amide bonds. The highest BCUT2D eigenvalue weighted by Gasteiger charge is 2.20. The van der Waals surface area contributed by atoms with Crippen LogP contribution in [0.1, 0.15) is 5.56 Å². The fourth-order valence-electron chi connectivity index (χ4n) is 3.71. The van der Waals surface area contributed by atoms with Crippen LogP contribution in [0.3, 0.4) is 0 Å². The molecule has 0 radical (unpaired) electrons. The van der Waals surface area contributed by atoms with Gasteiger partial charge in [0.05, 0.1) is 0 Å². The first kappa shape index (κ1) is 24.7. The molecule has 0 aliphatic carbocycles. The zero-order valence-corrected chi connectivity index (χ0v) is 21.2. The number of aromatic nitrogens is 3. The van der Waals surface area contributed by atoms with Gasteiger partial charge in [-0.05, 0) is 36.0 Å². The molecule has 0 aliphatic heterocycles. The maximum absolute atomic E-state index is 5.74. The highest BCUT2D eigenvalue weighted by Crippen LogP contribution is 2.29. The third-order valence-corrected chi connectivity index (χ3v) is 5.81. The maximum atomic E-state index is 5.74. The number of anilines is 2. The summed E-state index contributed by atoms with van der Waals surface area (Å²) >= 11 is 5.74.